The van der Waals surface area contributed by atoms with E-state index in [4.69, 9.17) is 14.6 Å². The average molecular weight is 256 g/mol. The molecule has 1 aromatic rings. The second-order valence-corrected chi connectivity index (χ2v) is 4.13. The van der Waals surface area contributed by atoms with E-state index < -0.39 is 37.3 Å². The van der Waals surface area contributed by atoms with E-state index in [1.807, 2.05) is 0 Å². The van der Waals surface area contributed by atoms with Crippen LogP contribution in [0.3, 0.4) is 0 Å². The molecule has 0 bridgehead atoms. The van der Waals surface area contributed by atoms with Crippen molar-refractivity contribution in [2.75, 3.05) is 6.61 Å². The molecule has 1 saturated heterocycles. The first-order valence-corrected chi connectivity index (χ1v) is 5.65. The third-order valence-corrected chi connectivity index (χ3v) is 2.84. The fourth-order valence-corrected chi connectivity index (χ4v) is 1.80. The molecule has 1 aliphatic heterocycles. The van der Waals surface area contributed by atoms with Crippen LogP contribution in [0.5, 0.6) is 5.75 Å². The molecule has 18 heavy (non-hydrogen) atoms. The molecule has 100 valence electrons. The highest BCUT2D eigenvalue weighted by atomic mass is 16.7. The topological polar surface area (TPSA) is 99.4 Å². The molecule has 6 nitrogen and oxygen atoms in total. The minimum absolute atomic E-state index is 0.460. The number of ether oxygens (including phenoxy) is 2. The van der Waals surface area contributed by atoms with Gasteiger partial charge in [-0.25, -0.2) is 0 Å². The van der Waals surface area contributed by atoms with Gasteiger partial charge >= 0.3 is 0 Å². The highest BCUT2D eigenvalue weighted by Gasteiger charge is 2.44. The van der Waals surface area contributed by atoms with E-state index in [1.165, 1.54) is 0 Å². The maximum absolute atomic E-state index is 9.74. The summed E-state index contributed by atoms with van der Waals surface area (Å²) in [6.45, 7) is -0.473. The summed E-state index contributed by atoms with van der Waals surface area (Å²) in [5.74, 6) is 0.460. The van der Waals surface area contributed by atoms with Crippen molar-refractivity contribution in [2.45, 2.75) is 30.7 Å². The van der Waals surface area contributed by atoms with Crippen LogP contribution in [0.2, 0.25) is 0 Å². The summed E-state index contributed by atoms with van der Waals surface area (Å²) in [7, 11) is 0. The number of aliphatic hydroxyl groups excluding tert-OH is 4. The first-order valence-electron chi connectivity index (χ1n) is 5.65. The smallest absolute Gasteiger partial charge is 0.229 e. The normalized spacial score (nSPS) is 36.3. The van der Waals surface area contributed by atoms with Crippen LogP contribution in [0.1, 0.15) is 0 Å². The molecule has 6 heteroatoms. The molecule has 4 N–H and O–H groups in total. The Labute approximate surface area is 104 Å². The number of aliphatic hydroxyl groups is 4. The lowest BCUT2D eigenvalue weighted by atomic mass is 9.99. The first-order chi connectivity index (χ1) is 8.63. The molecule has 0 amide bonds. The van der Waals surface area contributed by atoms with Crippen LogP contribution in [-0.2, 0) is 4.74 Å². The highest BCUT2D eigenvalue weighted by molar-refractivity contribution is 5.21. The Kier molecular flexibility index (Phi) is 4.15. The van der Waals surface area contributed by atoms with Gasteiger partial charge in [0.15, 0.2) is 0 Å². The Balaban J connectivity index is 2.08. The van der Waals surface area contributed by atoms with Gasteiger partial charge in [0, 0.05) is 0 Å². The van der Waals surface area contributed by atoms with Crippen molar-refractivity contribution in [1.29, 1.82) is 0 Å². The van der Waals surface area contributed by atoms with Gasteiger partial charge in [-0.3, -0.25) is 0 Å². The Morgan fingerprint density at radius 3 is 2.28 bits per heavy atom. The van der Waals surface area contributed by atoms with Crippen molar-refractivity contribution in [3.8, 4) is 5.75 Å². The predicted molar refractivity (Wildman–Crippen MR) is 60.8 cm³/mol. The SMILES string of the molecule is OCC1O[C@H](Oc2ccccc2)[C@@H](O)C(O)[C@H]1O. The standard InChI is InChI=1S/C12H16O6/c13-6-8-9(14)10(15)11(16)12(18-8)17-7-4-2-1-3-5-7/h1-5,8-16H,6H2/t8?,9-,10?,11-,12-/m0/s1. The maximum Gasteiger partial charge on any atom is 0.229 e. The molecule has 0 aliphatic carbocycles. The zero-order chi connectivity index (χ0) is 13.1. The molecule has 1 heterocycles. The monoisotopic (exact) mass is 256 g/mol. The van der Waals surface area contributed by atoms with Crippen molar-refractivity contribution in [2.24, 2.45) is 0 Å². The van der Waals surface area contributed by atoms with E-state index in [1.54, 1.807) is 30.3 Å². The molecule has 1 fully saturated rings. The van der Waals surface area contributed by atoms with Gasteiger partial charge < -0.3 is 29.9 Å². The van der Waals surface area contributed by atoms with Gasteiger partial charge in [-0.15, -0.1) is 0 Å². The van der Waals surface area contributed by atoms with Gasteiger partial charge in [-0.05, 0) is 12.1 Å². The minimum Gasteiger partial charge on any atom is -0.462 e. The zero-order valence-corrected chi connectivity index (χ0v) is 9.59. The van der Waals surface area contributed by atoms with Crippen molar-refractivity contribution in [3.05, 3.63) is 30.3 Å². The van der Waals surface area contributed by atoms with Crippen LogP contribution >= 0.6 is 0 Å². The number of hydrogen-bond donors (Lipinski definition) is 4. The lowest BCUT2D eigenvalue weighted by Crippen LogP contribution is -2.60. The summed E-state index contributed by atoms with van der Waals surface area (Å²) in [5.41, 5.74) is 0. The Morgan fingerprint density at radius 1 is 1.00 bits per heavy atom. The van der Waals surface area contributed by atoms with Gasteiger partial charge in [-0.1, -0.05) is 18.2 Å². The number of rotatable bonds is 3. The molecule has 0 aromatic heterocycles. The van der Waals surface area contributed by atoms with Crippen molar-refractivity contribution in [3.63, 3.8) is 0 Å². The second kappa shape index (κ2) is 5.64. The molecular weight excluding hydrogens is 240 g/mol. The van der Waals surface area contributed by atoms with Gasteiger partial charge in [0.05, 0.1) is 6.61 Å². The van der Waals surface area contributed by atoms with E-state index in [0.29, 0.717) is 5.75 Å². The van der Waals surface area contributed by atoms with E-state index in [-0.39, 0.29) is 0 Å². The highest BCUT2D eigenvalue weighted by Crippen LogP contribution is 2.23. The van der Waals surface area contributed by atoms with E-state index in [2.05, 4.69) is 0 Å². The first kappa shape index (κ1) is 13.3. The van der Waals surface area contributed by atoms with Crippen molar-refractivity contribution >= 4 is 0 Å². The van der Waals surface area contributed by atoms with Crippen molar-refractivity contribution < 1.29 is 29.9 Å². The van der Waals surface area contributed by atoms with Crippen LogP contribution in [-0.4, -0.2) is 57.7 Å². The lowest BCUT2D eigenvalue weighted by Gasteiger charge is -2.39. The number of para-hydroxylation sites is 1. The van der Waals surface area contributed by atoms with E-state index >= 15 is 0 Å². The van der Waals surface area contributed by atoms with Gasteiger partial charge in [0.25, 0.3) is 0 Å². The van der Waals surface area contributed by atoms with Crippen LogP contribution in [0.4, 0.5) is 0 Å². The number of hydrogen-bond acceptors (Lipinski definition) is 6. The maximum atomic E-state index is 9.74. The third kappa shape index (κ3) is 2.63. The Bertz CT molecular complexity index is 368. The molecule has 1 aliphatic rings. The van der Waals surface area contributed by atoms with Gasteiger partial charge in [-0.2, -0.15) is 0 Å². The molecule has 5 atom stereocenters. The summed E-state index contributed by atoms with van der Waals surface area (Å²) < 4.78 is 10.6. The minimum atomic E-state index is -1.43. The summed E-state index contributed by atoms with van der Waals surface area (Å²) in [5, 5.41) is 37.9. The Morgan fingerprint density at radius 2 is 1.67 bits per heavy atom. The Hall–Kier alpha value is -1.18. The fourth-order valence-electron chi connectivity index (χ4n) is 1.80. The summed E-state index contributed by atoms with van der Waals surface area (Å²) in [6.07, 6.45) is -6.28. The van der Waals surface area contributed by atoms with Crippen LogP contribution in [0.15, 0.2) is 30.3 Å². The quantitative estimate of drug-likeness (QED) is 0.546. The lowest BCUT2D eigenvalue weighted by molar-refractivity contribution is -0.277. The fraction of sp³-hybridized carbons (Fsp3) is 0.500. The molecule has 0 saturated carbocycles. The zero-order valence-electron chi connectivity index (χ0n) is 9.59. The molecule has 0 spiro atoms. The largest absolute Gasteiger partial charge is 0.462 e. The van der Waals surface area contributed by atoms with Gasteiger partial charge in [0.1, 0.15) is 30.2 Å². The summed E-state index contributed by atoms with van der Waals surface area (Å²) in [4.78, 5) is 0. The van der Waals surface area contributed by atoms with Crippen LogP contribution in [0, 0.1) is 0 Å². The molecular formula is C12H16O6. The van der Waals surface area contributed by atoms with Crippen molar-refractivity contribution in [1.82, 2.24) is 0 Å². The molecule has 2 rings (SSSR count). The van der Waals surface area contributed by atoms with Crippen LogP contribution < -0.4 is 4.74 Å². The number of benzene rings is 1. The average Bonchev–Trinajstić information content (AvgIpc) is 2.40. The molecule has 1 aromatic carbocycles. The molecule has 2 unspecified atom stereocenters. The van der Waals surface area contributed by atoms with Gasteiger partial charge in [0.2, 0.25) is 6.29 Å². The summed E-state index contributed by atoms with van der Waals surface area (Å²) >= 11 is 0. The summed E-state index contributed by atoms with van der Waals surface area (Å²) in [6, 6.07) is 8.64. The van der Waals surface area contributed by atoms with Crippen LogP contribution in [0.25, 0.3) is 0 Å². The van der Waals surface area contributed by atoms with E-state index in [0.717, 1.165) is 0 Å². The third-order valence-electron chi connectivity index (χ3n) is 2.84. The molecule has 0 radical (unpaired) electrons. The predicted octanol–water partition coefficient (Wildman–Crippen LogP) is -1.13. The second-order valence-electron chi connectivity index (χ2n) is 4.13. The van der Waals surface area contributed by atoms with E-state index in [9.17, 15) is 15.3 Å².